The van der Waals surface area contributed by atoms with Gasteiger partial charge in [-0.3, -0.25) is 4.79 Å². The maximum atomic E-state index is 12.6. The zero-order chi connectivity index (χ0) is 13.0. The second kappa shape index (κ2) is 3.72. The van der Waals surface area contributed by atoms with E-state index >= 15 is 0 Å². The summed E-state index contributed by atoms with van der Waals surface area (Å²) in [7, 11) is 0. The lowest BCUT2D eigenvalue weighted by Gasteiger charge is -2.20. The molecule has 2 heteroatoms. The van der Waals surface area contributed by atoms with Crippen LogP contribution in [0.15, 0.2) is 59.5 Å². The lowest BCUT2D eigenvalue weighted by Crippen LogP contribution is -2.09. The molecular formula is C17H10OS. The third-order valence-corrected chi connectivity index (χ3v) is 3.93. The van der Waals surface area contributed by atoms with Crippen molar-refractivity contribution in [1.82, 2.24) is 0 Å². The van der Waals surface area contributed by atoms with Gasteiger partial charge >= 0.3 is 0 Å². The summed E-state index contributed by atoms with van der Waals surface area (Å²) in [6, 6.07) is 17.7. The molecule has 0 amide bonds. The van der Waals surface area contributed by atoms with Gasteiger partial charge in [0.2, 0.25) is 0 Å². The minimum atomic E-state index is 0.112. The van der Waals surface area contributed by atoms with Crippen LogP contribution in [0.5, 0.6) is 0 Å². The van der Waals surface area contributed by atoms with Crippen molar-refractivity contribution in [2.45, 2.75) is 4.90 Å². The number of carbonyl (C=O) groups is 1. The Morgan fingerprint density at radius 3 is 2.32 bits per heavy atom. The first-order valence-electron chi connectivity index (χ1n) is 6.15. The van der Waals surface area contributed by atoms with Gasteiger partial charge in [0, 0.05) is 21.4 Å². The highest BCUT2D eigenvalue weighted by Gasteiger charge is 2.24. The van der Waals surface area contributed by atoms with Gasteiger partial charge in [-0.2, -0.15) is 0 Å². The molecule has 0 fully saturated rings. The molecule has 0 unspecified atom stereocenters. The van der Waals surface area contributed by atoms with Gasteiger partial charge in [-0.25, -0.2) is 0 Å². The number of ketones is 1. The second-order valence-corrected chi connectivity index (χ2v) is 5.29. The van der Waals surface area contributed by atoms with Crippen LogP contribution in [0.25, 0.3) is 21.9 Å². The summed E-state index contributed by atoms with van der Waals surface area (Å²) >= 11 is 4.47. The fourth-order valence-corrected chi connectivity index (χ4v) is 3.14. The Morgan fingerprint density at radius 2 is 1.47 bits per heavy atom. The molecule has 0 radical (unpaired) electrons. The topological polar surface area (TPSA) is 17.1 Å². The average Bonchev–Trinajstić information content (AvgIpc) is 2.44. The number of hydrogen-bond acceptors (Lipinski definition) is 2. The first-order valence-corrected chi connectivity index (χ1v) is 6.60. The highest BCUT2D eigenvalue weighted by Crippen LogP contribution is 2.40. The van der Waals surface area contributed by atoms with Crippen molar-refractivity contribution in [3.63, 3.8) is 0 Å². The lowest BCUT2D eigenvalue weighted by molar-refractivity contribution is 0.104. The van der Waals surface area contributed by atoms with Gasteiger partial charge in [-0.05, 0) is 28.6 Å². The predicted molar refractivity (Wildman–Crippen MR) is 80.1 cm³/mol. The first kappa shape index (κ1) is 10.8. The quantitative estimate of drug-likeness (QED) is 0.466. The van der Waals surface area contributed by atoms with Gasteiger partial charge in [-0.15, -0.1) is 12.6 Å². The van der Waals surface area contributed by atoms with E-state index in [1.165, 1.54) is 0 Å². The fourth-order valence-electron chi connectivity index (χ4n) is 2.87. The van der Waals surface area contributed by atoms with Crippen molar-refractivity contribution in [2.75, 3.05) is 0 Å². The van der Waals surface area contributed by atoms with Crippen molar-refractivity contribution in [3.05, 3.63) is 65.7 Å². The summed E-state index contributed by atoms with van der Waals surface area (Å²) in [5, 5.41) is 2.12. The van der Waals surface area contributed by atoms with Crippen LogP contribution in [-0.4, -0.2) is 5.78 Å². The molecule has 0 heterocycles. The maximum Gasteiger partial charge on any atom is 0.194 e. The molecule has 4 rings (SSSR count). The SMILES string of the molecule is O=C1c2ccccc2-c2cc(S)cc3cccc1c23. The summed E-state index contributed by atoms with van der Waals surface area (Å²) in [6.07, 6.45) is 0. The van der Waals surface area contributed by atoms with Crippen LogP contribution < -0.4 is 0 Å². The smallest absolute Gasteiger partial charge is 0.194 e. The molecule has 1 aliphatic carbocycles. The second-order valence-electron chi connectivity index (χ2n) is 4.77. The highest BCUT2D eigenvalue weighted by atomic mass is 32.1. The molecule has 1 nitrogen and oxygen atoms in total. The third-order valence-electron chi connectivity index (χ3n) is 3.67. The standard InChI is InChI=1S/C17H10OS/c18-17-13-6-2-1-5-12(13)15-9-11(19)8-10-4-3-7-14(17)16(10)15/h1-9,19H. The third kappa shape index (κ3) is 1.41. The van der Waals surface area contributed by atoms with E-state index < -0.39 is 0 Å². The molecule has 1 aliphatic rings. The molecule has 3 aromatic rings. The van der Waals surface area contributed by atoms with Crippen LogP contribution in [0.1, 0.15) is 15.9 Å². The molecule has 0 saturated carbocycles. The Morgan fingerprint density at radius 1 is 0.737 bits per heavy atom. The van der Waals surface area contributed by atoms with E-state index in [1.807, 2.05) is 54.6 Å². The lowest BCUT2D eigenvalue weighted by atomic mass is 9.83. The summed E-state index contributed by atoms with van der Waals surface area (Å²) in [4.78, 5) is 13.5. The Bertz CT molecular complexity index is 849. The van der Waals surface area contributed by atoms with E-state index in [1.54, 1.807) is 0 Å². The number of benzene rings is 3. The molecular weight excluding hydrogens is 252 g/mol. The maximum absolute atomic E-state index is 12.6. The van der Waals surface area contributed by atoms with Gasteiger partial charge in [0.1, 0.15) is 0 Å². The van der Waals surface area contributed by atoms with Gasteiger partial charge in [-0.1, -0.05) is 42.5 Å². The Kier molecular flexibility index (Phi) is 2.12. The van der Waals surface area contributed by atoms with Crippen LogP contribution in [-0.2, 0) is 0 Å². The van der Waals surface area contributed by atoms with Crippen LogP contribution >= 0.6 is 12.6 Å². The number of hydrogen-bond donors (Lipinski definition) is 1. The zero-order valence-corrected chi connectivity index (χ0v) is 10.9. The number of rotatable bonds is 0. The summed E-state index contributed by atoms with van der Waals surface area (Å²) in [6.45, 7) is 0. The normalized spacial score (nSPS) is 12.6. The molecule has 0 aromatic heterocycles. The molecule has 0 N–H and O–H groups in total. The monoisotopic (exact) mass is 262 g/mol. The van der Waals surface area contributed by atoms with E-state index in [4.69, 9.17) is 0 Å². The Hall–Kier alpha value is -2.06. The van der Waals surface area contributed by atoms with Crippen LogP contribution in [0.2, 0.25) is 0 Å². The molecule has 0 atom stereocenters. The summed E-state index contributed by atoms with van der Waals surface area (Å²) in [5.74, 6) is 0.112. The minimum absolute atomic E-state index is 0.112. The molecule has 0 bridgehead atoms. The molecule has 0 aliphatic heterocycles. The van der Waals surface area contributed by atoms with Gasteiger partial charge < -0.3 is 0 Å². The van der Waals surface area contributed by atoms with Crippen LogP contribution in [0.3, 0.4) is 0 Å². The van der Waals surface area contributed by atoms with E-state index in [-0.39, 0.29) is 5.78 Å². The van der Waals surface area contributed by atoms with Crippen molar-refractivity contribution >= 4 is 29.2 Å². The minimum Gasteiger partial charge on any atom is -0.289 e. The van der Waals surface area contributed by atoms with E-state index in [9.17, 15) is 4.79 Å². The average molecular weight is 262 g/mol. The zero-order valence-electron chi connectivity index (χ0n) is 10.1. The van der Waals surface area contributed by atoms with Crippen molar-refractivity contribution in [2.24, 2.45) is 0 Å². The predicted octanol–water partition coefficient (Wildman–Crippen LogP) is 4.34. The molecule has 3 aromatic carbocycles. The Balaban J connectivity index is 2.28. The van der Waals surface area contributed by atoms with Gasteiger partial charge in [0.15, 0.2) is 5.78 Å². The van der Waals surface area contributed by atoms with E-state index in [2.05, 4.69) is 12.6 Å². The fraction of sp³-hybridized carbons (Fsp3) is 0. The Labute approximate surface area is 116 Å². The van der Waals surface area contributed by atoms with Gasteiger partial charge in [0.25, 0.3) is 0 Å². The van der Waals surface area contributed by atoms with Crippen molar-refractivity contribution < 1.29 is 4.79 Å². The molecule has 90 valence electrons. The van der Waals surface area contributed by atoms with Gasteiger partial charge in [0.05, 0.1) is 0 Å². The van der Waals surface area contributed by atoms with Crippen LogP contribution in [0, 0.1) is 0 Å². The number of fused-ring (bicyclic) bond motifs is 2. The van der Waals surface area contributed by atoms with Crippen LogP contribution in [0.4, 0.5) is 0 Å². The summed E-state index contributed by atoms with van der Waals surface area (Å²) in [5.41, 5.74) is 3.68. The largest absolute Gasteiger partial charge is 0.289 e. The van der Waals surface area contributed by atoms with E-state index in [0.717, 1.165) is 37.9 Å². The number of carbonyl (C=O) groups excluding carboxylic acids is 1. The molecule has 0 saturated heterocycles. The van der Waals surface area contributed by atoms with Crippen molar-refractivity contribution in [1.29, 1.82) is 0 Å². The first-order chi connectivity index (χ1) is 9.25. The molecule has 0 spiro atoms. The van der Waals surface area contributed by atoms with E-state index in [0.29, 0.717) is 0 Å². The number of thiol groups is 1. The summed E-state index contributed by atoms with van der Waals surface area (Å²) < 4.78 is 0. The molecule has 19 heavy (non-hydrogen) atoms. The highest BCUT2D eigenvalue weighted by molar-refractivity contribution is 7.80. The van der Waals surface area contributed by atoms with Crippen molar-refractivity contribution in [3.8, 4) is 11.1 Å².